The van der Waals surface area contributed by atoms with Crippen molar-refractivity contribution in [2.45, 2.75) is 13.0 Å². The van der Waals surface area contributed by atoms with Crippen molar-refractivity contribution in [3.63, 3.8) is 0 Å². The number of carboxylic acids is 1. The Bertz CT molecular complexity index is 456. The Morgan fingerprint density at radius 1 is 1.44 bits per heavy atom. The lowest BCUT2D eigenvalue weighted by Crippen LogP contribution is -2.17. The molecule has 0 spiro atoms. The maximum atomic E-state index is 11.1. The van der Waals surface area contributed by atoms with Gasteiger partial charge in [0.05, 0.1) is 6.10 Å². The molecule has 0 aromatic heterocycles. The zero-order valence-corrected chi connectivity index (χ0v) is 10.1. The first-order chi connectivity index (χ1) is 8.61. The number of aromatic carboxylic acids is 1. The first-order valence-electron chi connectivity index (χ1n) is 5.44. The molecule has 1 unspecified atom stereocenters. The third-order valence-corrected chi connectivity index (χ3v) is 2.58. The number of ether oxygens (including phenoxy) is 4. The largest absolute Gasteiger partial charge is 0.490 e. The number of rotatable bonds is 5. The van der Waals surface area contributed by atoms with Gasteiger partial charge in [-0.15, -0.1) is 0 Å². The van der Waals surface area contributed by atoms with Gasteiger partial charge in [-0.1, -0.05) is 0 Å². The van der Waals surface area contributed by atoms with Crippen molar-refractivity contribution >= 4 is 5.97 Å². The summed E-state index contributed by atoms with van der Waals surface area (Å²) < 4.78 is 20.8. The van der Waals surface area contributed by atoms with Crippen molar-refractivity contribution < 1.29 is 28.8 Å². The summed E-state index contributed by atoms with van der Waals surface area (Å²) in [7, 11) is 1.56. The molecule has 0 amide bonds. The van der Waals surface area contributed by atoms with Crippen LogP contribution in [-0.2, 0) is 4.74 Å². The lowest BCUT2D eigenvalue weighted by molar-refractivity contribution is 0.0646. The molecular weight excluding hydrogens is 240 g/mol. The molecule has 0 saturated heterocycles. The Hall–Kier alpha value is -1.95. The predicted molar refractivity (Wildman–Crippen MR) is 61.5 cm³/mol. The number of carboxylic acid groups (broad SMARTS) is 1. The van der Waals surface area contributed by atoms with Crippen LogP contribution >= 0.6 is 0 Å². The molecule has 6 nitrogen and oxygen atoms in total. The van der Waals surface area contributed by atoms with Gasteiger partial charge in [0.15, 0.2) is 11.5 Å². The standard InChI is InChI=1S/C12H14O6/c1-7(15-2)5-16-9-4-11-10(17-6-18-11)3-8(9)12(13)14/h3-4,7H,5-6H2,1-2H3,(H,13,14). The second-order valence-electron chi connectivity index (χ2n) is 3.86. The Kier molecular flexibility index (Phi) is 3.57. The molecule has 1 atom stereocenters. The van der Waals surface area contributed by atoms with Crippen molar-refractivity contribution in [1.29, 1.82) is 0 Å². The van der Waals surface area contributed by atoms with Gasteiger partial charge in [-0.3, -0.25) is 0 Å². The highest BCUT2D eigenvalue weighted by molar-refractivity contribution is 5.92. The van der Waals surface area contributed by atoms with Gasteiger partial charge in [-0.25, -0.2) is 4.79 Å². The fourth-order valence-corrected chi connectivity index (χ4v) is 1.49. The highest BCUT2D eigenvalue weighted by atomic mass is 16.7. The molecule has 0 aliphatic carbocycles. The van der Waals surface area contributed by atoms with E-state index in [1.54, 1.807) is 7.11 Å². The van der Waals surface area contributed by atoms with Crippen molar-refractivity contribution in [2.24, 2.45) is 0 Å². The molecule has 1 aromatic carbocycles. The number of fused-ring (bicyclic) bond motifs is 1. The maximum Gasteiger partial charge on any atom is 0.339 e. The Labute approximate surface area is 104 Å². The predicted octanol–water partition coefficient (Wildman–Crippen LogP) is 1.53. The average molecular weight is 254 g/mol. The van der Waals surface area contributed by atoms with E-state index in [1.807, 2.05) is 6.92 Å². The lowest BCUT2D eigenvalue weighted by atomic mass is 10.2. The van der Waals surface area contributed by atoms with Gasteiger partial charge >= 0.3 is 5.97 Å². The summed E-state index contributed by atoms with van der Waals surface area (Å²) in [5, 5.41) is 9.11. The van der Waals surface area contributed by atoms with E-state index in [0.717, 1.165) is 0 Å². The van der Waals surface area contributed by atoms with E-state index in [4.69, 9.17) is 24.1 Å². The van der Waals surface area contributed by atoms with E-state index in [-0.39, 0.29) is 30.8 Å². The van der Waals surface area contributed by atoms with E-state index >= 15 is 0 Å². The Morgan fingerprint density at radius 2 is 2.11 bits per heavy atom. The summed E-state index contributed by atoms with van der Waals surface area (Å²) in [6.07, 6.45) is -0.128. The number of hydrogen-bond donors (Lipinski definition) is 1. The fraction of sp³-hybridized carbons (Fsp3) is 0.417. The zero-order chi connectivity index (χ0) is 13.1. The van der Waals surface area contributed by atoms with Crippen LogP contribution in [0.25, 0.3) is 0 Å². The van der Waals surface area contributed by atoms with Gasteiger partial charge in [0.25, 0.3) is 0 Å². The average Bonchev–Trinajstić information content (AvgIpc) is 2.81. The number of hydrogen-bond acceptors (Lipinski definition) is 5. The van der Waals surface area contributed by atoms with Crippen LogP contribution in [0.3, 0.4) is 0 Å². The lowest BCUT2D eigenvalue weighted by Gasteiger charge is -2.13. The van der Waals surface area contributed by atoms with Crippen molar-refractivity contribution in [3.8, 4) is 17.2 Å². The zero-order valence-electron chi connectivity index (χ0n) is 10.1. The van der Waals surface area contributed by atoms with E-state index in [1.165, 1.54) is 12.1 Å². The fourth-order valence-electron chi connectivity index (χ4n) is 1.49. The molecule has 0 radical (unpaired) electrons. The molecule has 1 aromatic rings. The van der Waals surface area contributed by atoms with Gasteiger partial charge in [0.1, 0.15) is 17.9 Å². The van der Waals surface area contributed by atoms with E-state index < -0.39 is 5.97 Å². The van der Waals surface area contributed by atoms with E-state index in [0.29, 0.717) is 11.5 Å². The molecule has 0 saturated carbocycles. The Morgan fingerprint density at radius 3 is 2.72 bits per heavy atom. The quantitative estimate of drug-likeness (QED) is 0.858. The Balaban J connectivity index is 2.24. The van der Waals surface area contributed by atoms with Gasteiger partial charge < -0.3 is 24.1 Å². The van der Waals surface area contributed by atoms with Crippen LogP contribution < -0.4 is 14.2 Å². The number of methoxy groups -OCH3 is 1. The van der Waals surface area contributed by atoms with Crippen LogP contribution in [0, 0.1) is 0 Å². The summed E-state index contributed by atoms with van der Waals surface area (Å²) in [5.74, 6) is 0.0728. The smallest absolute Gasteiger partial charge is 0.339 e. The van der Waals surface area contributed by atoms with E-state index in [9.17, 15) is 4.79 Å². The molecule has 18 heavy (non-hydrogen) atoms. The molecule has 98 valence electrons. The molecule has 1 aliphatic heterocycles. The van der Waals surface area contributed by atoms with Crippen molar-refractivity contribution in [1.82, 2.24) is 0 Å². The monoisotopic (exact) mass is 254 g/mol. The number of carbonyl (C=O) groups is 1. The van der Waals surface area contributed by atoms with Gasteiger partial charge in [-0.2, -0.15) is 0 Å². The molecule has 0 fully saturated rings. The minimum absolute atomic E-state index is 0.0440. The molecular formula is C12H14O6. The van der Waals surface area contributed by atoms with Gasteiger partial charge in [0.2, 0.25) is 6.79 Å². The SMILES string of the molecule is COC(C)COc1cc2c(cc1C(=O)O)OCO2. The first kappa shape index (κ1) is 12.5. The molecule has 0 bridgehead atoms. The second-order valence-corrected chi connectivity index (χ2v) is 3.86. The maximum absolute atomic E-state index is 11.1. The molecule has 1 aliphatic rings. The molecule has 1 heterocycles. The van der Waals surface area contributed by atoms with Crippen molar-refractivity contribution in [3.05, 3.63) is 17.7 Å². The molecule has 2 rings (SSSR count). The highest BCUT2D eigenvalue weighted by Gasteiger charge is 2.21. The van der Waals surface area contributed by atoms with Gasteiger partial charge in [-0.05, 0) is 6.92 Å². The summed E-state index contributed by atoms with van der Waals surface area (Å²) in [6, 6.07) is 2.92. The van der Waals surface area contributed by atoms with Crippen LogP contribution in [0.15, 0.2) is 12.1 Å². The summed E-state index contributed by atoms with van der Waals surface area (Å²) in [4.78, 5) is 11.1. The van der Waals surface area contributed by atoms with Crippen LogP contribution in [-0.4, -0.2) is 37.7 Å². The minimum Gasteiger partial charge on any atom is -0.490 e. The first-order valence-corrected chi connectivity index (χ1v) is 5.44. The van der Waals surface area contributed by atoms with Crippen LogP contribution in [0.5, 0.6) is 17.2 Å². The summed E-state index contributed by atoms with van der Waals surface area (Å²) in [5.41, 5.74) is 0.0440. The van der Waals surface area contributed by atoms with Crippen molar-refractivity contribution in [2.75, 3.05) is 20.5 Å². The topological polar surface area (TPSA) is 74.2 Å². The molecule has 6 heteroatoms. The molecule has 1 N–H and O–H groups in total. The highest BCUT2D eigenvalue weighted by Crippen LogP contribution is 2.38. The summed E-state index contributed by atoms with van der Waals surface area (Å²) >= 11 is 0. The van der Waals surface area contributed by atoms with Crippen LogP contribution in [0.4, 0.5) is 0 Å². The van der Waals surface area contributed by atoms with Crippen LogP contribution in [0.2, 0.25) is 0 Å². The van der Waals surface area contributed by atoms with Crippen LogP contribution in [0.1, 0.15) is 17.3 Å². The second kappa shape index (κ2) is 5.14. The minimum atomic E-state index is -1.08. The normalized spacial score (nSPS) is 14.3. The third-order valence-electron chi connectivity index (χ3n) is 2.58. The number of benzene rings is 1. The third kappa shape index (κ3) is 2.48. The summed E-state index contributed by atoms with van der Waals surface area (Å²) in [6.45, 7) is 2.18. The van der Waals surface area contributed by atoms with Gasteiger partial charge in [0, 0.05) is 19.2 Å². The van der Waals surface area contributed by atoms with E-state index in [2.05, 4.69) is 0 Å².